The van der Waals surface area contributed by atoms with E-state index in [4.69, 9.17) is 5.73 Å². The zero-order valence-corrected chi connectivity index (χ0v) is 10.7. The molecule has 18 heavy (non-hydrogen) atoms. The lowest BCUT2D eigenvalue weighted by Crippen LogP contribution is -2.14. The highest BCUT2D eigenvalue weighted by Crippen LogP contribution is 2.20. The number of anilines is 2. The number of carbonyl (C=O) groups excluding carboxylic acids is 1. The SMILES string of the molecule is Nc1ccc(C(=O)Nc2cccnc2Br)c(F)c1. The van der Waals surface area contributed by atoms with Gasteiger partial charge in [0.25, 0.3) is 5.91 Å². The molecule has 0 radical (unpaired) electrons. The molecule has 0 saturated heterocycles. The summed E-state index contributed by atoms with van der Waals surface area (Å²) in [6, 6.07) is 7.23. The van der Waals surface area contributed by atoms with Crippen LogP contribution in [0, 0.1) is 5.82 Å². The first-order chi connectivity index (χ1) is 8.58. The van der Waals surface area contributed by atoms with Crippen LogP contribution in [0.2, 0.25) is 0 Å². The van der Waals surface area contributed by atoms with Crippen molar-refractivity contribution < 1.29 is 9.18 Å². The van der Waals surface area contributed by atoms with Gasteiger partial charge in [-0.05, 0) is 46.3 Å². The Morgan fingerprint density at radius 1 is 1.39 bits per heavy atom. The van der Waals surface area contributed by atoms with Crippen molar-refractivity contribution in [2.45, 2.75) is 0 Å². The fraction of sp³-hybridized carbons (Fsp3) is 0. The first kappa shape index (κ1) is 12.5. The lowest BCUT2D eigenvalue weighted by Gasteiger charge is -2.07. The number of benzene rings is 1. The van der Waals surface area contributed by atoms with Crippen molar-refractivity contribution >= 4 is 33.2 Å². The molecule has 0 saturated carbocycles. The Morgan fingerprint density at radius 2 is 2.17 bits per heavy atom. The second-order valence-electron chi connectivity index (χ2n) is 3.54. The Balaban J connectivity index is 2.25. The van der Waals surface area contributed by atoms with Crippen molar-refractivity contribution in [2.24, 2.45) is 0 Å². The number of aromatic nitrogens is 1. The number of halogens is 2. The molecule has 92 valence electrons. The van der Waals surface area contributed by atoms with E-state index >= 15 is 0 Å². The predicted molar refractivity (Wildman–Crippen MR) is 70.7 cm³/mol. The van der Waals surface area contributed by atoms with Gasteiger partial charge in [0.05, 0.1) is 11.3 Å². The molecule has 0 aliphatic rings. The summed E-state index contributed by atoms with van der Waals surface area (Å²) >= 11 is 3.19. The van der Waals surface area contributed by atoms with Crippen molar-refractivity contribution in [3.05, 3.63) is 52.5 Å². The number of amides is 1. The maximum Gasteiger partial charge on any atom is 0.258 e. The average molecular weight is 310 g/mol. The smallest absolute Gasteiger partial charge is 0.258 e. The molecule has 0 aliphatic heterocycles. The first-order valence-corrected chi connectivity index (χ1v) is 5.84. The van der Waals surface area contributed by atoms with Crippen LogP contribution in [0.5, 0.6) is 0 Å². The summed E-state index contributed by atoms with van der Waals surface area (Å²) in [5, 5.41) is 2.56. The lowest BCUT2D eigenvalue weighted by molar-refractivity contribution is 0.102. The van der Waals surface area contributed by atoms with Crippen molar-refractivity contribution in [3.8, 4) is 0 Å². The zero-order valence-electron chi connectivity index (χ0n) is 9.15. The fourth-order valence-electron chi connectivity index (χ4n) is 1.38. The van der Waals surface area contributed by atoms with Gasteiger partial charge in [-0.3, -0.25) is 4.79 Å². The largest absolute Gasteiger partial charge is 0.399 e. The van der Waals surface area contributed by atoms with Crippen molar-refractivity contribution in [3.63, 3.8) is 0 Å². The normalized spacial score (nSPS) is 10.1. The van der Waals surface area contributed by atoms with Crippen LogP contribution in [0.1, 0.15) is 10.4 Å². The molecule has 3 N–H and O–H groups in total. The molecule has 0 bridgehead atoms. The van der Waals surface area contributed by atoms with Crippen molar-refractivity contribution in [1.29, 1.82) is 0 Å². The molecule has 6 heteroatoms. The standard InChI is InChI=1S/C12H9BrFN3O/c13-11-10(2-1-5-16-11)17-12(18)8-4-3-7(15)6-9(8)14/h1-6H,15H2,(H,17,18). The molecule has 2 rings (SSSR count). The van der Waals surface area contributed by atoms with E-state index < -0.39 is 11.7 Å². The van der Waals surface area contributed by atoms with Gasteiger partial charge in [-0.2, -0.15) is 0 Å². The summed E-state index contributed by atoms with van der Waals surface area (Å²) < 4.78 is 14.0. The lowest BCUT2D eigenvalue weighted by atomic mass is 10.2. The minimum atomic E-state index is -0.660. The quantitative estimate of drug-likeness (QED) is 0.662. The number of carbonyl (C=O) groups is 1. The minimum absolute atomic E-state index is 0.0695. The van der Waals surface area contributed by atoms with Crippen LogP contribution in [-0.4, -0.2) is 10.9 Å². The second kappa shape index (κ2) is 5.14. The Bertz CT molecular complexity index is 604. The van der Waals surface area contributed by atoms with E-state index in [0.717, 1.165) is 6.07 Å². The van der Waals surface area contributed by atoms with Crippen LogP contribution in [-0.2, 0) is 0 Å². The molecule has 0 spiro atoms. The van der Waals surface area contributed by atoms with E-state index in [9.17, 15) is 9.18 Å². The molecule has 0 aliphatic carbocycles. The van der Waals surface area contributed by atoms with Gasteiger partial charge < -0.3 is 11.1 Å². The Hall–Kier alpha value is -1.95. The van der Waals surface area contributed by atoms with Crippen LogP contribution >= 0.6 is 15.9 Å². The van der Waals surface area contributed by atoms with E-state index in [1.54, 1.807) is 18.3 Å². The highest BCUT2D eigenvalue weighted by atomic mass is 79.9. The number of nitrogens with zero attached hydrogens (tertiary/aromatic N) is 1. The van der Waals surface area contributed by atoms with Gasteiger partial charge in [-0.15, -0.1) is 0 Å². The third-order valence-corrected chi connectivity index (χ3v) is 2.88. The number of rotatable bonds is 2. The summed E-state index contributed by atoms with van der Waals surface area (Å²) in [7, 11) is 0. The molecule has 1 amide bonds. The molecule has 1 aromatic heterocycles. The topological polar surface area (TPSA) is 68.0 Å². The van der Waals surface area contributed by atoms with E-state index in [2.05, 4.69) is 26.2 Å². The number of nitrogens with one attached hydrogen (secondary N) is 1. The number of hydrogen-bond acceptors (Lipinski definition) is 3. The van der Waals surface area contributed by atoms with Gasteiger partial charge in [0.1, 0.15) is 10.4 Å². The van der Waals surface area contributed by atoms with E-state index in [1.165, 1.54) is 12.1 Å². The van der Waals surface area contributed by atoms with Gasteiger partial charge in [0.15, 0.2) is 0 Å². The van der Waals surface area contributed by atoms with Crippen LogP contribution in [0.3, 0.4) is 0 Å². The van der Waals surface area contributed by atoms with E-state index in [0.29, 0.717) is 10.3 Å². The van der Waals surface area contributed by atoms with Crippen LogP contribution in [0.4, 0.5) is 15.8 Å². The molecule has 1 aromatic carbocycles. The van der Waals surface area contributed by atoms with Crippen LogP contribution in [0.25, 0.3) is 0 Å². The minimum Gasteiger partial charge on any atom is -0.399 e. The Labute approximate surface area is 111 Å². The first-order valence-electron chi connectivity index (χ1n) is 5.05. The summed E-state index contributed by atoms with van der Waals surface area (Å²) in [5.41, 5.74) is 6.09. The van der Waals surface area contributed by atoms with E-state index in [1.807, 2.05) is 0 Å². The molecule has 0 unspecified atom stereocenters. The summed E-state index contributed by atoms with van der Waals surface area (Å²) in [6.45, 7) is 0. The maximum absolute atomic E-state index is 13.5. The number of pyridine rings is 1. The molecule has 4 nitrogen and oxygen atoms in total. The summed E-state index contributed by atoms with van der Waals surface area (Å²) in [6.07, 6.45) is 1.57. The fourth-order valence-corrected chi connectivity index (χ4v) is 1.73. The monoisotopic (exact) mass is 309 g/mol. The van der Waals surface area contributed by atoms with Crippen LogP contribution < -0.4 is 11.1 Å². The molecule has 1 heterocycles. The zero-order chi connectivity index (χ0) is 13.1. The summed E-state index contributed by atoms with van der Waals surface area (Å²) in [4.78, 5) is 15.8. The number of nitrogen functional groups attached to an aromatic ring is 1. The third-order valence-electron chi connectivity index (χ3n) is 2.25. The van der Waals surface area contributed by atoms with Gasteiger partial charge in [0.2, 0.25) is 0 Å². The van der Waals surface area contributed by atoms with Crippen LogP contribution in [0.15, 0.2) is 41.1 Å². The summed E-state index contributed by atoms with van der Waals surface area (Å²) in [5.74, 6) is -1.21. The second-order valence-corrected chi connectivity index (χ2v) is 4.29. The van der Waals surface area contributed by atoms with Gasteiger partial charge in [-0.25, -0.2) is 9.37 Å². The Kier molecular flexibility index (Phi) is 3.57. The Morgan fingerprint density at radius 3 is 2.83 bits per heavy atom. The van der Waals surface area contributed by atoms with Gasteiger partial charge in [0, 0.05) is 11.9 Å². The molecule has 2 aromatic rings. The maximum atomic E-state index is 13.5. The molecule has 0 fully saturated rings. The molecular formula is C12H9BrFN3O. The highest BCUT2D eigenvalue weighted by molar-refractivity contribution is 9.10. The molecular weight excluding hydrogens is 301 g/mol. The predicted octanol–water partition coefficient (Wildman–Crippen LogP) is 2.82. The van der Waals surface area contributed by atoms with Gasteiger partial charge in [-0.1, -0.05) is 0 Å². The molecule has 0 atom stereocenters. The van der Waals surface area contributed by atoms with Crippen molar-refractivity contribution in [2.75, 3.05) is 11.1 Å². The van der Waals surface area contributed by atoms with Gasteiger partial charge >= 0.3 is 0 Å². The number of nitrogens with two attached hydrogens (primary N) is 1. The average Bonchev–Trinajstić information content (AvgIpc) is 2.32. The van der Waals surface area contributed by atoms with Crippen molar-refractivity contribution in [1.82, 2.24) is 4.98 Å². The third kappa shape index (κ3) is 2.65. The van der Waals surface area contributed by atoms with E-state index in [-0.39, 0.29) is 11.3 Å². The number of hydrogen-bond donors (Lipinski definition) is 2. The highest BCUT2D eigenvalue weighted by Gasteiger charge is 2.13.